The molecule has 1 N–H and O–H groups in total. The molecule has 1 atom stereocenters. The van der Waals surface area contributed by atoms with Crippen LogP contribution in [0.25, 0.3) is 0 Å². The summed E-state index contributed by atoms with van der Waals surface area (Å²) < 4.78 is 0. The first-order chi connectivity index (χ1) is 13.5. The highest BCUT2D eigenvalue weighted by Crippen LogP contribution is 2.34. The van der Waals surface area contributed by atoms with E-state index in [1.807, 2.05) is 49.1 Å². The molecule has 0 bridgehead atoms. The predicted octanol–water partition coefficient (Wildman–Crippen LogP) is 3.93. The van der Waals surface area contributed by atoms with Crippen LogP contribution in [0.5, 0.6) is 0 Å². The molecule has 28 heavy (non-hydrogen) atoms. The van der Waals surface area contributed by atoms with E-state index in [-0.39, 0.29) is 17.7 Å². The topological polar surface area (TPSA) is 75.2 Å². The molecule has 1 aliphatic rings. The summed E-state index contributed by atoms with van der Waals surface area (Å²) in [5.74, 6) is -0.157. The first-order valence-electron chi connectivity index (χ1n) is 9.08. The summed E-state index contributed by atoms with van der Waals surface area (Å²) in [6, 6.07) is 15.1. The van der Waals surface area contributed by atoms with Crippen LogP contribution in [-0.4, -0.2) is 28.6 Å². The van der Waals surface area contributed by atoms with E-state index in [1.54, 1.807) is 12.1 Å². The Morgan fingerprint density at radius 3 is 2.54 bits per heavy atom. The molecule has 2 aromatic carbocycles. The molecule has 0 radical (unpaired) electrons. The van der Waals surface area contributed by atoms with Crippen molar-refractivity contribution in [2.75, 3.05) is 16.8 Å². The molecule has 6 nitrogen and oxygen atoms in total. The quantitative estimate of drug-likeness (QED) is 0.730. The van der Waals surface area contributed by atoms with Gasteiger partial charge in [-0.05, 0) is 49.2 Å². The number of carbonyl (C=O) groups excluding carboxylic acids is 2. The zero-order valence-electron chi connectivity index (χ0n) is 15.7. The summed E-state index contributed by atoms with van der Waals surface area (Å²) in [6.45, 7) is 4.63. The maximum Gasteiger partial charge on any atom is 0.257 e. The number of hydrogen-bond donors (Lipinski definition) is 1. The Bertz CT molecular complexity index is 1010. The van der Waals surface area contributed by atoms with Gasteiger partial charge in [-0.3, -0.25) is 14.9 Å². The Morgan fingerprint density at radius 1 is 1.11 bits per heavy atom. The minimum Gasteiger partial charge on any atom is -0.312 e. The molecule has 3 aromatic rings. The number of aryl methyl sites for hydroxylation is 2. The van der Waals surface area contributed by atoms with Crippen molar-refractivity contribution in [2.45, 2.75) is 26.2 Å². The largest absolute Gasteiger partial charge is 0.312 e. The molecule has 1 aromatic heterocycles. The van der Waals surface area contributed by atoms with Crippen LogP contribution < -0.4 is 10.2 Å². The molecule has 142 valence electrons. The molecule has 0 unspecified atom stereocenters. The van der Waals surface area contributed by atoms with E-state index in [0.717, 1.165) is 21.8 Å². The number of nitrogens with zero attached hydrogens (tertiary/aromatic N) is 3. The van der Waals surface area contributed by atoms with Crippen molar-refractivity contribution >= 4 is 34.0 Å². The van der Waals surface area contributed by atoms with Crippen LogP contribution in [0.2, 0.25) is 0 Å². The van der Waals surface area contributed by atoms with E-state index in [0.29, 0.717) is 23.7 Å². The maximum absolute atomic E-state index is 12.6. The zero-order chi connectivity index (χ0) is 19.7. The van der Waals surface area contributed by atoms with Gasteiger partial charge in [0.05, 0.1) is 0 Å². The summed E-state index contributed by atoms with van der Waals surface area (Å²) in [5, 5.41) is 12.3. The number of anilines is 2. The highest BCUT2D eigenvalue weighted by atomic mass is 32.1. The molecular formula is C21H20N4O2S. The molecule has 1 aliphatic heterocycles. The number of aromatic nitrogens is 2. The number of benzene rings is 2. The molecule has 2 heterocycles. The lowest BCUT2D eigenvalue weighted by atomic mass is 10.1. The Balaban J connectivity index is 1.47. The van der Waals surface area contributed by atoms with Crippen molar-refractivity contribution < 1.29 is 9.59 Å². The summed E-state index contributed by atoms with van der Waals surface area (Å²) in [4.78, 5) is 26.6. The first kappa shape index (κ1) is 18.3. The lowest BCUT2D eigenvalue weighted by Gasteiger charge is -2.17. The molecular weight excluding hydrogens is 372 g/mol. The average molecular weight is 392 g/mol. The monoisotopic (exact) mass is 392 g/mol. The van der Waals surface area contributed by atoms with Gasteiger partial charge in [-0.2, -0.15) is 0 Å². The number of hydrogen-bond acceptors (Lipinski definition) is 5. The van der Waals surface area contributed by atoms with Crippen molar-refractivity contribution in [1.82, 2.24) is 10.2 Å². The van der Waals surface area contributed by atoms with E-state index in [4.69, 9.17) is 0 Å². The number of rotatable bonds is 4. The first-order valence-corrected chi connectivity index (χ1v) is 9.90. The van der Waals surface area contributed by atoms with Gasteiger partial charge in [-0.1, -0.05) is 35.6 Å². The zero-order valence-corrected chi connectivity index (χ0v) is 16.5. The van der Waals surface area contributed by atoms with Gasteiger partial charge in [0.25, 0.3) is 5.91 Å². The van der Waals surface area contributed by atoms with Crippen LogP contribution in [0.3, 0.4) is 0 Å². The fourth-order valence-corrected chi connectivity index (χ4v) is 4.27. The van der Waals surface area contributed by atoms with E-state index in [2.05, 4.69) is 21.6 Å². The van der Waals surface area contributed by atoms with Gasteiger partial charge in [-0.15, -0.1) is 10.2 Å². The van der Waals surface area contributed by atoms with Crippen LogP contribution in [0, 0.1) is 13.8 Å². The van der Waals surface area contributed by atoms with Crippen molar-refractivity contribution in [1.29, 1.82) is 0 Å². The second-order valence-corrected chi connectivity index (χ2v) is 8.03. The van der Waals surface area contributed by atoms with Gasteiger partial charge in [0.2, 0.25) is 11.0 Å². The fourth-order valence-electron chi connectivity index (χ4n) is 3.44. The second kappa shape index (κ2) is 7.52. The summed E-state index contributed by atoms with van der Waals surface area (Å²) in [6.07, 6.45) is 0.397. The van der Waals surface area contributed by atoms with Crippen molar-refractivity contribution in [3.8, 4) is 0 Å². The molecule has 1 saturated heterocycles. The van der Waals surface area contributed by atoms with Crippen molar-refractivity contribution in [2.24, 2.45) is 0 Å². The van der Waals surface area contributed by atoms with Crippen molar-refractivity contribution in [3.63, 3.8) is 0 Å². The predicted molar refractivity (Wildman–Crippen MR) is 110 cm³/mol. The number of carbonyl (C=O) groups is 2. The van der Waals surface area contributed by atoms with Gasteiger partial charge in [0, 0.05) is 30.1 Å². The minimum absolute atomic E-state index is 0.0202. The maximum atomic E-state index is 12.6. The third-order valence-electron chi connectivity index (χ3n) is 4.69. The Kier molecular flexibility index (Phi) is 4.92. The summed E-state index contributed by atoms with van der Waals surface area (Å²) >= 11 is 1.33. The molecule has 7 heteroatoms. The molecule has 0 saturated carbocycles. The lowest BCUT2D eigenvalue weighted by Crippen LogP contribution is -2.24. The molecule has 0 aliphatic carbocycles. The highest BCUT2D eigenvalue weighted by Gasteiger charge is 2.34. The van der Waals surface area contributed by atoms with Crippen LogP contribution in [0.1, 0.15) is 38.8 Å². The molecule has 1 fully saturated rings. The van der Waals surface area contributed by atoms with Crippen LogP contribution >= 0.6 is 11.3 Å². The third-order valence-corrected chi connectivity index (χ3v) is 5.69. The van der Waals surface area contributed by atoms with Gasteiger partial charge in [0.15, 0.2) is 0 Å². The van der Waals surface area contributed by atoms with Gasteiger partial charge >= 0.3 is 0 Å². The van der Waals surface area contributed by atoms with E-state index < -0.39 is 0 Å². The number of amides is 2. The van der Waals surface area contributed by atoms with Crippen molar-refractivity contribution in [3.05, 3.63) is 70.2 Å². The van der Waals surface area contributed by atoms with Crippen LogP contribution in [0.15, 0.2) is 48.5 Å². The van der Waals surface area contributed by atoms with Crippen LogP contribution in [0.4, 0.5) is 10.8 Å². The minimum atomic E-state index is -0.220. The summed E-state index contributed by atoms with van der Waals surface area (Å²) in [5.41, 5.74) is 3.75. The number of nitrogens with one attached hydrogen (secondary N) is 1. The molecule has 4 rings (SSSR count). The highest BCUT2D eigenvalue weighted by molar-refractivity contribution is 7.15. The molecule has 2 amide bonds. The SMILES string of the molecule is Cc1cc(C)cc(N2C[C@H](c3nnc(NC(=O)c4ccccc4)s3)CC2=O)c1. The van der Waals surface area contributed by atoms with Gasteiger partial charge < -0.3 is 4.90 Å². The Labute approximate surface area is 167 Å². The standard InChI is InChI=1S/C21H20N4O2S/c1-13-8-14(2)10-17(9-13)25-12-16(11-18(25)26)20-23-24-21(28-20)22-19(27)15-6-4-3-5-7-15/h3-10,16H,11-12H2,1-2H3,(H,22,24,27)/t16-/m1/s1. The van der Waals surface area contributed by atoms with E-state index in [9.17, 15) is 9.59 Å². The average Bonchev–Trinajstić information content (AvgIpc) is 3.28. The normalized spacial score (nSPS) is 16.4. The fraction of sp³-hybridized carbons (Fsp3) is 0.238. The molecule has 0 spiro atoms. The van der Waals surface area contributed by atoms with E-state index >= 15 is 0 Å². The van der Waals surface area contributed by atoms with Gasteiger partial charge in [-0.25, -0.2) is 0 Å². The second-order valence-electron chi connectivity index (χ2n) is 7.02. The Morgan fingerprint density at radius 2 is 1.82 bits per heavy atom. The smallest absolute Gasteiger partial charge is 0.257 e. The van der Waals surface area contributed by atoms with Gasteiger partial charge in [0.1, 0.15) is 5.01 Å². The summed E-state index contributed by atoms with van der Waals surface area (Å²) in [7, 11) is 0. The third kappa shape index (κ3) is 3.80. The Hall–Kier alpha value is -3.06. The van der Waals surface area contributed by atoms with E-state index in [1.165, 1.54) is 11.3 Å². The van der Waals surface area contributed by atoms with Crippen LogP contribution in [-0.2, 0) is 4.79 Å². The lowest BCUT2D eigenvalue weighted by molar-refractivity contribution is -0.117.